The van der Waals surface area contributed by atoms with E-state index in [2.05, 4.69) is 10.4 Å². The van der Waals surface area contributed by atoms with Crippen molar-refractivity contribution in [3.8, 4) is 0 Å². The zero-order valence-electron chi connectivity index (χ0n) is 13.2. The predicted molar refractivity (Wildman–Crippen MR) is 79.4 cm³/mol. The fourth-order valence-corrected chi connectivity index (χ4v) is 2.64. The first-order valence-electron chi connectivity index (χ1n) is 7.42. The number of piperazine rings is 1. The van der Waals surface area contributed by atoms with E-state index in [9.17, 15) is 9.59 Å². The van der Waals surface area contributed by atoms with E-state index in [0.29, 0.717) is 25.4 Å². The van der Waals surface area contributed by atoms with Gasteiger partial charge >= 0.3 is 0 Å². The number of carbonyl (C=O) groups is 2. The third-order valence-corrected chi connectivity index (χ3v) is 3.92. The van der Waals surface area contributed by atoms with Crippen LogP contribution >= 0.6 is 0 Å². The summed E-state index contributed by atoms with van der Waals surface area (Å²) in [5.41, 5.74) is -0.822. The van der Waals surface area contributed by atoms with Crippen molar-refractivity contribution in [2.75, 3.05) is 6.54 Å². The number of nitrogens with zero attached hydrogens (tertiary/aromatic N) is 3. The lowest BCUT2D eigenvalue weighted by molar-refractivity contribution is -0.155. The summed E-state index contributed by atoms with van der Waals surface area (Å²) in [6.45, 7) is 8.74. The number of rotatable bonds is 5. The molecule has 2 rings (SSSR count). The van der Waals surface area contributed by atoms with Crippen LogP contribution in [-0.4, -0.2) is 44.6 Å². The highest BCUT2D eigenvalue weighted by atomic mass is 16.2. The molecule has 1 aromatic heterocycles. The minimum atomic E-state index is -0.822. The Kier molecular flexibility index (Phi) is 4.34. The topological polar surface area (TPSA) is 67.2 Å². The van der Waals surface area contributed by atoms with Gasteiger partial charge in [0.15, 0.2) is 0 Å². The third kappa shape index (κ3) is 3.25. The molecular formula is C15H24N4O2. The summed E-state index contributed by atoms with van der Waals surface area (Å²) in [4.78, 5) is 26.6. The fourth-order valence-electron chi connectivity index (χ4n) is 2.64. The predicted octanol–water partition coefficient (Wildman–Crippen LogP) is 1.03. The molecule has 0 radical (unpaired) electrons. The largest absolute Gasteiger partial charge is 0.342 e. The van der Waals surface area contributed by atoms with Gasteiger partial charge in [0.05, 0.1) is 6.54 Å². The average Bonchev–Trinajstić information content (AvgIpc) is 2.88. The summed E-state index contributed by atoms with van der Waals surface area (Å²) in [5, 5.41) is 7.00. The summed E-state index contributed by atoms with van der Waals surface area (Å²) in [5.74, 6) is 0.266. The number of nitrogens with one attached hydrogen (secondary N) is 1. The first-order valence-corrected chi connectivity index (χ1v) is 7.42. The van der Waals surface area contributed by atoms with E-state index in [1.165, 1.54) is 0 Å². The minimum Gasteiger partial charge on any atom is -0.342 e. The molecule has 1 fully saturated rings. The van der Waals surface area contributed by atoms with Gasteiger partial charge in [-0.15, -0.1) is 0 Å². The van der Waals surface area contributed by atoms with Crippen LogP contribution in [0.15, 0.2) is 18.5 Å². The zero-order chi connectivity index (χ0) is 15.6. The van der Waals surface area contributed by atoms with Crippen LogP contribution in [0.3, 0.4) is 0 Å². The van der Waals surface area contributed by atoms with E-state index in [-0.39, 0.29) is 11.8 Å². The Morgan fingerprint density at radius 3 is 2.62 bits per heavy atom. The van der Waals surface area contributed by atoms with E-state index in [1.54, 1.807) is 29.6 Å². The number of carbonyl (C=O) groups excluding carboxylic acids is 2. The lowest BCUT2D eigenvalue weighted by atomic mass is 9.92. The molecule has 0 aliphatic carbocycles. The van der Waals surface area contributed by atoms with Gasteiger partial charge in [-0.2, -0.15) is 5.10 Å². The Morgan fingerprint density at radius 2 is 2.05 bits per heavy atom. The highest BCUT2D eigenvalue weighted by Crippen LogP contribution is 2.23. The highest BCUT2D eigenvalue weighted by molar-refractivity contribution is 5.99. The molecule has 6 nitrogen and oxygen atoms in total. The van der Waals surface area contributed by atoms with Crippen molar-refractivity contribution in [3.05, 3.63) is 18.5 Å². The summed E-state index contributed by atoms with van der Waals surface area (Å²) in [6, 6.07) is 1.43. The molecule has 1 atom stereocenters. The third-order valence-electron chi connectivity index (χ3n) is 3.92. The Morgan fingerprint density at radius 1 is 1.33 bits per heavy atom. The quantitative estimate of drug-likeness (QED) is 0.881. The lowest BCUT2D eigenvalue weighted by Gasteiger charge is -2.44. The van der Waals surface area contributed by atoms with Gasteiger partial charge in [0.2, 0.25) is 11.8 Å². The van der Waals surface area contributed by atoms with E-state index >= 15 is 0 Å². The van der Waals surface area contributed by atoms with Gasteiger partial charge in [0.25, 0.3) is 0 Å². The van der Waals surface area contributed by atoms with Crippen molar-refractivity contribution in [3.63, 3.8) is 0 Å². The van der Waals surface area contributed by atoms with Crippen LogP contribution in [0.2, 0.25) is 0 Å². The average molecular weight is 292 g/mol. The van der Waals surface area contributed by atoms with E-state index in [4.69, 9.17) is 0 Å². The van der Waals surface area contributed by atoms with E-state index < -0.39 is 11.6 Å². The van der Waals surface area contributed by atoms with Gasteiger partial charge in [-0.3, -0.25) is 14.3 Å². The molecule has 0 bridgehead atoms. The second-order valence-corrected chi connectivity index (χ2v) is 6.47. The first kappa shape index (κ1) is 15.5. The van der Waals surface area contributed by atoms with Crippen LogP contribution in [0, 0.1) is 5.92 Å². The number of hydrogen-bond donors (Lipinski definition) is 1. The standard InChI is InChI=1S/C15H24N4O2/c1-11(2)10-12-13(20)19(15(3,4)14(21)17-12)9-8-18-7-5-6-16-18/h5-7,11-12H,8-10H2,1-4H3,(H,17,21). The molecule has 1 aliphatic rings. The van der Waals surface area contributed by atoms with E-state index in [0.717, 1.165) is 0 Å². The monoisotopic (exact) mass is 292 g/mol. The fraction of sp³-hybridized carbons (Fsp3) is 0.667. The molecule has 1 aliphatic heterocycles. The zero-order valence-corrected chi connectivity index (χ0v) is 13.2. The van der Waals surface area contributed by atoms with Gasteiger partial charge in [-0.05, 0) is 32.3 Å². The van der Waals surface area contributed by atoms with Gasteiger partial charge in [0.1, 0.15) is 11.6 Å². The molecule has 1 N–H and O–H groups in total. The number of amides is 2. The Labute approximate surface area is 125 Å². The molecule has 0 aromatic carbocycles. The summed E-state index contributed by atoms with van der Waals surface area (Å²) in [7, 11) is 0. The maximum absolute atomic E-state index is 12.7. The second kappa shape index (κ2) is 5.87. The van der Waals surface area contributed by atoms with Crippen LogP contribution < -0.4 is 5.32 Å². The van der Waals surface area contributed by atoms with Crippen LogP contribution in [-0.2, 0) is 16.1 Å². The molecule has 21 heavy (non-hydrogen) atoms. The van der Waals surface area contributed by atoms with Crippen molar-refractivity contribution in [2.24, 2.45) is 5.92 Å². The van der Waals surface area contributed by atoms with Crippen LogP contribution in [0.1, 0.15) is 34.1 Å². The van der Waals surface area contributed by atoms with Gasteiger partial charge < -0.3 is 10.2 Å². The number of hydrogen-bond acceptors (Lipinski definition) is 3. The van der Waals surface area contributed by atoms with Crippen molar-refractivity contribution in [1.82, 2.24) is 20.0 Å². The molecule has 1 saturated heterocycles. The van der Waals surface area contributed by atoms with Crippen molar-refractivity contribution >= 4 is 11.8 Å². The van der Waals surface area contributed by atoms with Crippen LogP contribution in [0.5, 0.6) is 0 Å². The SMILES string of the molecule is CC(C)CC1NC(=O)C(C)(C)N(CCn2cccn2)C1=O. The minimum absolute atomic E-state index is 0.000422. The maximum Gasteiger partial charge on any atom is 0.246 e. The Balaban J connectivity index is 2.13. The molecule has 1 aromatic rings. The molecule has 0 saturated carbocycles. The normalized spacial score (nSPS) is 21.8. The van der Waals surface area contributed by atoms with Crippen molar-refractivity contribution < 1.29 is 9.59 Å². The maximum atomic E-state index is 12.7. The molecule has 6 heteroatoms. The highest BCUT2D eigenvalue weighted by Gasteiger charge is 2.45. The first-order chi connectivity index (χ1) is 9.82. The van der Waals surface area contributed by atoms with E-state index in [1.807, 2.05) is 26.1 Å². The summed E-state index contributed by atoms with van der Waals surface area (Å²) < 4.78 is 1.77. The second-order valence-electron chi connectivity index (χ2n) is 6.47. The molecular weight excluding hydrogens is 268 g/mol. The summed E-state index contributed by atoms with van der Waals surface area (Å²) >= 11 is 0. The van der Waals surface area contributed by atoms with Crippen LogP contribution in [0.25, 0.3) is 0 Å². The smallest absolute Gasteiger partial charge is 0.246 e. The van der Waals surface area contributed by atoms with Crippen LogP contribution in [0.4, 0.5) is 0 Å². The van der Waals surface area contributed by atoms with Crippen molar-refractivity contribution in [1.29, 1.82) is 0 Å². The molecule has 2 amide bonds. The van der Waals surface area contributed by atoms with Gasteiger partial charge in [0, 0.05) is 18.9 Å². The van der Waals surface area contributed by atoms with Gasteiger partial charge in [-0.1, -0.05) is 13.8 Å². The van der Waals surface area contributed by atoms with Gasteiger partial charge in [-0.25, -0.2) is 0 Å². The van der Waals surface area contributed by atoms with Crippen molar-refractivity contribution in [2.45, 2.75) is 52.2 Å². The summed E-state index contributed by atoms with van der Waals surface area (Å²) in [6.07, 6.45) is 4.23. The molecule has 0 spiro atoms. The lowest BCUT2D eigenvalue weighted by Crippen LogP contribution is -2.68. The molecule has 1 unspecified atom stereocenters. The number of aromatic nitrogens is 2. The Bertz CT molecular complexity index is 508. The Hall–Kier alpha value is -1.85. The molecule has 2 heterocycles. The molecule has 116 valence electrons.